The fraction of sp³-hybridized carbons (Fsp3) is 0.0769. The molecule has 0 fully saturated rings. The van der Waals surface area contributed by atoms with Crippen molar-refractivity contribution in [1.29, 1.82) is 0 Å². The lowest BCUT2D eigenvalue weighted by atomic mass is 10.0. The minimum Gasteiger partial charge on any atom is -0.507 e. The third kappa shape index (κ3) is 5.23. The summed E-state index contributed by atoms with van der Waals surface area (Å²) in [6, 6.07) is 23.7. The molecular weight excluding hydrogens is 406 g/mol. The Morgan fingerprint density at radius 2 is 1.47 bits per heavy atom. The van der Waals surface area contributed by atoms with Crippen LogP contribution in [0.15, 0.2) is 91.3 Å². The molecule has 6 nitrogen and oxygen atoms in total. The molecule has 0 radical (unpaired) electrons. The van der Waals surface area contributed by atoms with Crippen molar-refractivity contribution in [2.45, 2.75) is 13.2 Å². The minimum atomic E-state index is -1.21. The first-order chi connectivity index (χ1) is 15.6. The Morgan fingerprint density at radius 3 is 2.22 bits per heavy atom. The Balaban J connectivity index is 1.45. The van der Waals surface area contributed by atoms with E-state index in [4.69, 9.17) is 14.6 Å². The summed E-state index contributed by atoms with van der Waals surface area (Å²) >= 11 is 0. The van der Waals surface area contributed by atoms with Gasteiger partial charge < -0.3 is 19.7 Å². The fourth-order valence-electron chi connectivity index (χ4n) is 3.20. The summed E-state index contributed by atoms with van der Waals surface area (Å²) in [5.41, 5.74) is 3.74. The molecule has 4 aromatic rings. The number of carboxylic acids is 1. The van der Waals surface area contributed by atoms with Crippen LogP contribution in [0, 0.1) is 0 Å². The summed E-state index contributed by atoms with van der Waals surface area (Å²) in [5.74, 6) is -0.368. The van der Waals surface area contributed by atoms with Gasteiger partial charge in [-0.25, -0.2) is 4.79 Å². The molecule has 3 aromatic carbocycles. The quantitative estimate of drug-likeness (QED) is 0.396. The number of nitrogens with zero attached hydrogens (tertiary/aromatic N) is 1. The number of carbonyl (C=O) groups is 1. The van der Waals surface area contributed by atoms with Gasteiger partial charge in [0.15, 0.2) is 0 Å². The van der Waals surface area contributed by atoms with Crippen molar-refractivity contribution in [3.05, 3.63) is 108 Å². The number of benzene rings is 3. The van der Waals surface area contributed by atoms with Crippen LogP contribution in [-0.4, -0.2) is 21.2 Å². The van der Waals surface area contributed by atoms with Gasteiger partial charge in [-0.1, -0.05) is 36.4 Å². The van der Waals surface area contributed by atoms with Crippen molar-refractivity contribution >= 4 is 5.97 Å². The third-order valence-corrected chi connectivity index (χ3v) is 4.83. The highest BCUT2D eigenvalue weighted by Crippen LogP contribution is 2.27. The van der Waals surface area contributed by atoms with Crippen LogP contribution in [0.2, 0.25) is 0 Å². The Bertz CT molecular complexity index is 1220. The SMILES string of the molecule is O=C(O)c1cc(OCc2cccc(-c3cccc(OCc4cccnc4)c3)c2)ccc1O. The van der Waals surface area contributed by atoms with Crippen LogP contribution in [-0.2, 0) is 13.2 Å². The molecular formula is C26H21NO5. The lowest BCUT2D eigenvalue weighted by molar-refractivity contribution is 0.0693. The predicted octanol–water partition coefficient (Wildman–Crippen LogP) is 5.31. The first kappa shape index (κ1) is 20.9. The molecule has 0 bridgehead atoms. The molecule has 0 saturated carbocycles. The highest BCUT2D eigenvalue weighted by Gasteiger charge is 2.11. The van der Waals surface area contributed by atoms with Crippen molar-refractivity contribution < 1.29 is 24.5 Å². The summed E-state index contributed by atoms with van der Waals surface area (Å²) in [6.07, 6.45) is 3.51. The topological polar surface area (TPSA) is 88.9 Å². The zero-order valence-electron chi connectivity index (χ0n) is 17.1. The highest BCUT2D eigenvalue weighted by molar-refractivity contribution is 5.91. The van der Waals surface area contributed by atoms with E-state index in [1.165, 1.54) is 18.2 Å². The second-order valence-electron chi connectivity index (χ2n) is 7.15. The molecule has 0 amide bonds. The molecule has 0 aliphatic rings. The van der Waals surface area contributed by atoms with Gasteiger partial charge in [-0.05, 0) is 59.2 Å². The van der Waals surface area contributed by atoms with Crippen LogP contribution in [0.25, 0.3) is 11.1 Å². The average Bonchev–Trinajstić information content (AvgIpc) is 2.83. The van der Waals surface area contributed by atoms with Gasteiger partial charge in [-0.2, -0.15) is 0 Å². The standard InChI is InChI=1S/C26H21NO5/c28-25-10-9-23(14-24(25)26(29)30)31-16-18-4-1-6-20(12-18)21-7-2-8-22(13-21)32-17-19-5-3-11-27-15-19/h1-15,28H,16-17H2,(H,29,30). The van der Waals surface area contributed by atoms with Crippen LogP contribution in [0.3, 0.4) is 0 Å². The smallest absolute Gasteiger partial charge is 0.339 e. The van der Waals surface area contributed by atoms with Gasteiger partial charge in [-0.3, -0.25) is 4.98 Å². The van der Waals surface area contributed by atoms with E-state index < -0.39 is 5.97 Å². The number of phenols is 1. The number of pyridine rings is 1. The second kappa shape index (κ2) is 9.66. The maximum atomic E-state index is 11.2. The maximum absolute atomic E-state index is 11.2. The van der Waals surface area contributed by atoms with Crippen LogP contribution < -0.4 is 9.47 Å². The summed E-state index contributed by atoms with van der Waals surface area (Å²) in [7, 11) is 0. The predicted molar refractivity (Wildman–Crippen MR) is 120 cm³/mol. The number of aromatic hydroxyl groups is 1. The average molecular weight is 427 g/mol. The molecule has 0 aliphatic carbocycles. The van der Waals surface area contributed by atoms with E-state index in [2.05, 4.69) is 4.98 Å². The van der Waals surface area contributed by atoms with Crippen LogP contribution in [0.4, 0.5) is 0 Å². The zero-order valence-corrected chi connectivity index (χ0v) is 17.1. The molecule has 0 saturated heterocycles. The Kier molecular flexibility index (Phi) is 6.32. The number of aromatic nitrogens is 1. The van der Waals surface area contributed by atoms with Gasteiger partial charge in [0.2, 0.25) is 0 Å². The zero-order chi connectivity index (χ0) is 22.3. The van der Waals surface area contributed by atoms with Gasteiger partial charge in [0.25, 0.3) is 0 Å². The number of carboxylic acid groups (broad SMARTS) is 1. The lowest BCUT2D eigenvalue weighted by Crippen LogP contribution is -2.00. The normalized spacial score (nSPS) is 10.5. The number of hydrogen-bond donors (Lipinski definition) is 2. The molecule has 2 N–H and O–H groups in total. The van der Waals surface area contributed by atoms with Crippen molar-refractivity contribution in [3.8, 4) is 28.4 Å². The summed E-state index contributed by atoms with van der Waals surface area (Å²) in [4.78, 5) is 15.3. The molecule has 0 atom stereocenters. The molecule has 0 aliphatic heterocycles. The second-order valence-corrected chi connectivity index (χ2v) is 7.15. The molecule has 0 spiro atoms. The largest absolute Gasteiger partial charge is 0.507 e. The van der Waals surface area contributed by atoms with Gasteiger partial charge >= 0.3 is 5.97 Å². The van der Waals surface area contributed by atoms with Crippen LogP contribution in [0.5, 0.6) is 17.2 Å². The van der Waals surface area contributed by atoms with E-state index >= 15 is 0 Å². The highest BCUT2D eigenvalue weighted by atomic mass is 16.5. The number of hydrogen-bond acceptors (Lipinski definition) is 5. The Hall–Kier alpha value is -4.32. The first-order valence-corrected chi connectivity index (χ1v) is 9.99. The molecule has 6 heteroatoms. The molecule has 0 unspecified atom stereocenters. The maximum Gasteiger partial charge on any atom is 0.339 e. The van der Waals surface area contributed by atoms with E-state index in [0.717, 1.165) is 28.0 Å². The molecule has 1 aromatic heterocycles. The molecule has 160 valence electrons. The van der Waals surface area contributed by atoms with Gasteiger partial charge in [0.05, 0.1) is 0 Å². The lowest BCUT2D eigenvalue weighted by Gasteiger charge is -2.11. The van der Waals surface area contributed by atoms with Gasteiger partial charge in [0, 0.05) is 18.0 Å². The summed E-state index contributed by atoms with van der Waals surface area (Å²) in [6.45, 7) is 0.699. The van der Waals surface area contributed by atoms with E-state index in [-0.39, 0.29) is 17.9 Å². The Morgan fingerprint density at radius 1 is 0.781 bits per heavy atom. The molecule has 4 rings (SSSR count). The van der Waals surface area contributed by atoms with Crippen LogP contribution in [0.1, 0.15) is 21.5 Å². The monoisotopic (exact) mass is 427 g/mol. The van der Waals surface area contributed by atoms with E-state index in [1.54, 1.807) is 12.4 Å². The first-order valence-electron chi connectivity index (χ1n) is 9.99. The van der Waals surface area contributed by atoms with E-state index in [1.807, 2.05) is 60.7 Å². The van der Waals surface area contributed by atoms with Crippen molar-refractivity contribution in [3.63, 3.8) is 0 Å². The van der Waals surface area contributed by atoms with Gasteiger partial charge in [-0.15, -0.1) is 0 Å². The van der Waals surface area contributed by atoms with Crippen LogP contribution >= 0.6 is 0 Å². The third-order valence-electron chi connectivity index (χ3n) is 4.83. The van der Waals surface area contributed by atoms with E-state index in [9.17, 15) is 9.90 Å². The number of rotatable bonds is 8. The number of ether oxygens (including phenoxy) is 2. The number of aromatic carboxylic acids is 1. The molecule has 1 heterocycles. The van der Waals surface area contributed by atoms with Crippen molar-refractivity contribution in [2.75, 3.05) is 0 Å². The summed E-state index contributed by atoms with van der Waals surface area (Å²) < 4.78 is 11.6. The van der Waals surface area contributed by atoms with Crippen molar-refractivity contribution in [1.82, 2.24) is 4.98 Å². The minimum absolute atomic E-state index is 0.195. The van der Waals surface area contributed by atoms with Gasteiger partial charge in [0.1, 0.15) is 36.0 Å². The van der Waals surface area contributed by atoms with Crippen molar-refractivity contribution in [2.24, 2.45) is 0 Å². The molecule has 32 heavy (non-hydrogen) atoms. The Labute approximate surface area is 185 Å². The fourth-order valence-corrected chi connectivity index (χ4v) is 3.20. The van der Waals surface area contributed by atoms with E-state index in [0.29, 0.717) is 12.4 Å². The summed E-state index contributed by atoms with van der Waals surface area (Å²) in [5, 5.41) is 18.8.